The highest BCUT2D eigenvalue weighted by Crippen LogP contribution is 2.30. The zero-order valence-electron chi connectivity index (χ0n) is 9.76. The summed E-state index contributed by atoms with van der Waals surface area (Å²) in [5, 5.41) is 10.4. The summed E-state index contributed by atoms with van der Waals surface area (Å²) in [5.41, 5.74) is 0.745. The fourth-order valence-electron chi connectivity index (χ4n) is 1.93. The molecule has 94 valence electrons. The van der Waals surface area contributed by atoms with Crippen LogP contribution in [0.4, 0.5) is 0 Å². The average molecular weight is 364 g/mol. The Morgan fingerprint density at radius 3 is 2.42 bits per heavy atom. The summed E-state index contributed by atoms with van der Waals surface area (Å²) in [6.45, 7) is 0. The molecule has 0 aliphatic rings. The first kappa shape index (κ1) is 12.2. The molecule has 0 amide bonds. The molecule has 0 bridgehead atoms. The molecule has 0 atom stereocenters. The second kappa shape index (κ2) is 4.70. The molecule has 2 aromatic carbocycles. The van der Waals surface area contributed by atoms with E-state index in [0.717, 1.165) is 3.57 Å². The van der Waals surface area contributed by atoms with Crippen LogP contribution in [-0.4, -0.2) is 5.11 Å². The lowest BCUT2D eigenvalue weighted by Gasteiger charge is -2.05. The molecule has 4 heteroatoms. The van der Waals surface area contributed by atoms with Crippen LogP contribution in [0.5, 0.6) is 5.75 Å². The second-order valence-corrected chi connectivity index (χ2v) is 5.36. The van der Waals surface area contributed by atoms with Crippen molar-refractivity contribution in [3.63, 3.8) is 0 Å². The van der Waals surface area contributed by atoms with Crippen molar-refractivity contribution in [2.24, 2.45) is 0 Å². The summed E-state index contributed by atoms with van der Waals surface area (Å²) in [6.07, 6.45) is 0. The van der Waals surface area contributed by atoms with Gasteiger partial charge in [-0.1, -0.05) is 24.3 Å². The molecule has 0 aliphatic heterocycles. The van der Waals surface area contributed by atoms with Gasteiger partial charge in [-0.15, -0.1) is 0 Å². The molecule has 0 spiro atoms. The normalized spacial score (nSPS) is 10.8. The highest BCUT2D eigenvalue weighted by Gasteiger charge is 2.14. The van der Waals surface area contributed by atoms with E-state index in [1.807, 2.05) is 24.3 Å². The molecule has 1 N–H and O–H groups in total. The number of benzene rings is 2. The minimum absolute atomic E-state index is 0.208. The largest absolute Gasteiger partial charge is 0.502 e. The lowest BCUT2D eigenvalue weighted by Crippen LogP contribution is -2.02. The van der Waals surface area contributed by atoms with E-state index in [2.05, 4.69) is 22.6 Å². The fourth-order valence-corrected chi connectivity index (χ4v) is 2.29. The molecule has 0 aliphatic carbocycles. The number of fused-ring (bicyclic) bond motifs is 1. The van der Waals surface area contributed by atoms with Gasteiger partial charge in [-0.3, -0.25) is 4.79 Å². The molecule has 0 saturated carbocycles. The van der Waals surface area contributed by atoms with E-state index in [1.54, 1.807) is 24.3 Å². The van der Waals surface area contributed by atoms with Crippen LogP contribution in [0, 0.1) is 3.57 Å². The van der Waals surface area contributed by atoms with Gasteiger partial charge in [0.25, 0.3) is 0 Å². The van der Waals surface area contributed by atoms with Gasteiger partial charge in [0.1, 0.15) is 5.58 Å². The number of hydrogen-bond acceptors (Lipinski definition) is 3. The maximum Gasteiger partial charge on any atom is 0.235 e. The molecular weight excluding hydrogens is 355 g/mol. The first-order valence-corrected chi connectivity index (χ1v) is 6.75. The van der Waals surface area contributed by atoms with Crippen molar-refractivity contribution in [2.45, 2.75) is 0 Å². The minimum atomic E-state index is -0.407. The summed E-state index contributed by atoms with van der Waals surface area (Å²) in [4.78, 5) is 12.1. The van der Waals surface area contributed by atoms with E-state index in [-0.39, 0.29) is 11.5 Å². The topological polar surface area (TPSA) is 50.4 Å². The SMILES string of the molecule is O=c1c(O)c(-c2ccc(I)cc2)oc2ccccc12. The van der Waals surface area contributed by atoms with Gasteiger partial charge in [-0.05, 0) is 46.9 Å². The van der Waals surface area contributed by atoms with Gasteiger partial charge in [0.2, 0.25) is 11.2 Å². The van der Waals surface area contributed by atoms with Crippen molar-refractivity contribution < 1.29 is 9.52 Å². The fraction of sp³-hybridized carbons (Fsp3) is 0. The van der Waals surface area contributed by atoms with Gasteiger partial charge in [0.15, 0.2) is 5.76 Å². The Morgan fingerprint density at radius 2 is 1.68 bits per heavy atom. The van der Waals surface area contributed by atoms with Crippen molar-refractivity contribution in [1.82, 2.24) is 0 Å². The first-order valence-electron chi connectivity index (χ1n) is 5.67. The Balaban J connectivity index is 2.33. The Bertz CT molecular complexity index is 804. The second-order valence-electron chi connectivity index (χ2n) is 4.11. The summed E-state index contributed by atoms with van der Waals surface area (Å²) >= 11 is 2.19. The van der Waals surface area contributed by atoms with Gasteiger partial charge >= 0.3 is 0 Å². The quantitative estimate of drug-likeness (QED) is 0.669. The summed E-state index contributed by atoms with van der Waals surface area (Å²) < 4.78 is 6.72. The predicted molar refractivity (Wildman–Crippen MR) is 82.3 cm³/mol. The van der Waals surface area contributed by atoms with Gasteiger partial charge in [0, 0.05) is 9.13 Å². The molecular formula is C15H9IO3. The lowest BCUT2D eigenvalue weighted by molar-refractivity contribution is 0.449. The average Bonchev–Trinajstić information content (AvgIpc) is 2.44. The Hall–Kier alpha value is -1.82. The van der Waals surface area contributed by atoms with Crippen LogP contribution < -0.4 is 5.43 Å². The van der Waals surface area contributed by atoms with E-state index in [1.165, 1.54) is 0 Å². The van der Waals surface area contributed by atoms with Gasteiger partial charge in [-0.25, -0.2) is 0 Å². The Morgan fingerprint density at radius 1 is 1.00 bits per heavy atom. The molecule has 0 radical (unpaired) electrons. The molecule has 3 rings (SSSR count). The van der Waals surface area contributed by atoms with Crippen LogP contribution >= 0.6 is 22.6 Å². The highest BCUT2D eigenvalue weighted by atomic mass is 127. The molecule has 0 fully saturated rings. The van der Waals surface area contributed by atoms with Crippen molar-refractivity contribution in [1.29, 1.82) is 0 Å². The van der Waals surface area contributed by atoms with Crippen LogP contribution in [0.2, 0.25) is 0 Å². The Labute approximate surface area is 122 Å². The lowest BCUT2D eigenvalue weighted by atomic mass is 10.1. The number of para-hydroxylation sites is 1. The van der Waals surface area contributed by atoms with Crippen LogP contribution in [0.25, 0.3) is 22.3 Å². The highest BCUT2D eigenvalue weighted by molar-refractivity contribution is 14.1. The smallest absolute Gasteiger partial charge is 0.235 e. The maximum absolute atomic E-state index is 12.1. The van der Waals surface area contributed by atoms with E-state index in [9.17, 15) is 9.90 Å². The summed E-state index contributed by atoms with van der Waals surface area (Å²) in [6, 6.07) is 14.3. The molecule has 1 aromatic heterocycles. The van der Waals surface area contributed by atoms with Crippen molar-refractivity contribution >= 4 is 33.6 Å². The Kier molecular flexibility index (Phi) is 3.02. The maximum atomic E-state index is 12.1. The van der Waals surface area contributed by atoms with Crippen LogP contribution in [0.3, 0.4) is 0 Å². The van der Waals surface area contributed by atoms with Crippen molar-refractivity contribution in [3.05, 3.63) is 62.3 Å². The van der Waals surface area contributed by atoms with Crippen molar-refractivity contribution in [2.75, 3.05) is 0 Å². The van der Waals surface area contributed by atoms with Gasteiger partial charge in [-0.2, -0.15) is 0 Å². The molecule has 3 aromatic rings. The monoisotopic (exact) mass is 364 g/mol. The molecule has 3 nitrogen and oxygen atoms in total. The summed E-state index contributed by atoms with van der Waals surface area (Å²) in [5.74, 6) is -0.139. The number of aromatic hydroxyl groups is 1. The third-order valence-corrected chi connectivity index (χ3v) is 3.60. The number of rotatable bonds is 1. The van der Waals surface area contributed by atoms with E-state index < -0.39 is 5.43 Å². The van der Waals surface area contributed by atoms with Gasteiger partial charge < -0.3 is 9.52 Å². The minimum Gasteiger partial charge on any atom is -0.502 e. The number of hydrogen-bond donors (Lipinski definition) is 1. The molecule has 1 heterocycles. The zero-order chi connectivity index (χ0) is 13.4. The van der Waals surface area contributed by atoms with Gasteiger partial charge in [0.05, 0.1) is 5.39 Å². The van der Waals surface area contributed by atoms with E-state index in [4.69, 9.17) is 4.42 Å². The molecule has 0 unspecified atom stereocenters. The third kappa shape index (κ3) is 2.12. The predicted octanol–water partition coefficient (Wildman–Crippen LogP) is 3.77. The molecule has 19 heavy (non-hydrogen) atoms. The van der Waals surface area contributed by atoms with Crippen LogP contribution in [-0.2, 0) is 0 Å². The summed E-state index contributed by atoms with van der Waals surface area (Å²) in [7, 11) is 0. The van der Waals surface area contributed by atoms with Crippen molar-refractivity contribution in [3.8, 4) is 17.1 Å². The van der Waals surface area contributed by atoms with Crippen LogP contribution in [0.1, 0.15) is 0 Å². The molecule has 0 saturated heterocycles. The third-order valence-electron chi connectivity index (χ3n) is 2.88. The van der Waals surface area contributed by atoms with E-state index >= 15 is 0 Å². The zero-order valence-corrected chi connectivity index (χ0v) is 11.9. The standard InChI is InChI=1S/C15H9IO3/c16-10-7-5-9(6-8-10)15-14(18)13(17)11-3-1-2-4-12(11)19-15/h1-8,18H. The number of halogens is 1. The van der Waals surface area contributed by atoms with E-state index in [0.29, 0.717) is 16.5 Å². The first-order chi connectivity index (χ1) is 9.16. The van der Waals surface area contributed by atoms with Crippen LogP contribution in [0.15, 0.2) is 57.7 Å².